The summed E-state index contributed by atoms with van der Waals surface area (Å²) in [5.74, 6) is 0. The molecule has 0 amide bonds. The van der Waals surface area contributed by atoms with Gasteiger partial charge in [0.1, 0.15) is 5.58 Å². The van der Waals surface area contributed by atoms with E-state index < -0.39 is 0 Å². The number of furan rings is 1. The van der Waals surface area contributed by atoms with E-state index in [1.807, 2.05) is 11.3 Å². The Morgan fingerprint density at radius 1 is 0.483 bits per heavy atom. The molecule has 0 saturated heterocycles. The molecule has 3 heteroatoms. The van der Waals surface area contributed by atoms with Crippen molar-refractivity contribution in [1.29, 1.82) is 0 Å². The van der Waals surface area contributed by atoms with Crippen LogP contribution in [0.1, 0.15) is 25.0 Å². The lowest BCUT2D eigenvalue weighted by atomic mass is 9.66. The minimum Gasteiger partial charge on any atom is -0.454 e. The van der Waals surface area contributed by atoms with E-state index in [2.05, 4.69) is 207 Å². The van der Waals surface area contributed by atoms with E-state index in [-0.39, 0.29) is 5.41 Å². The average molecular weight is 760 g/mol. The number of fused-ring (bicyclic) bond motifs is 8. The summed E-state index contributed by atoms with van der Waals surface area (Å²) in [7, 11) is 0. The van der Waals surface area contributed by atoms with E-state index in [9.17, 15) is 0 Å². The van der Waals surface area contributed by atoms with Gasteiger partial charge < -0.3 is 9.32 Å². The normalized spacial score (nSPS) is 13.1. The lowest BCUT2D eigenvalue weighted by Gasteiger charge is -2.40. The topological polar surface area (TPSA) is 16.4 Å². The Balaban J connectivity index is 1.16. The van der Waals surface area contributed by atoms with E-state index in [1.165, 1.54) is 75.5 Å². The summed E-state index contributed by atoms with van der Waals surface area (Å²) in [5, 5.41) is 7.46. The number of hydrogen-bond acceptors (Lipinski definition) is 3. The molecule has 274 valence electrons. The predicted molar refractivity (Wildman–Crippen MR) is 247 cm³/mol. The largest absolute Gasteiger partial charge is 0.454 e. The zero-order valence-electron chi connectivity index (χ0n) is 32.2. The van der Waals surface area contributed by atoms with Gasteiger partial charge in [-0.1, -0.05) is 166 Å². The number of hydrogen-bond donors (Lipinski definition) is 0. The van der Waals surface area contributed by atoms with E-state index in [4.69, 9.17) is 4.42 Å². The van der Waals surface area contributed by atoms with Gasteiger partial charge in [-0.15, -0.1) is 11.3 Å². The van der Waals surface area contributed by atoms with Crippen LogP contribution in [0.2, 0.25) is 0 Å². The summed E-state index contributed by atoms with van der Waals surface area (Å²) >= 11 is 1.90. The molecule has 2 aromatic heterocycles. The second-order valence-corrected chi connectivity index (χ2v) is 17.0. The average Bonchev–Trinajstić information content (AvgIpc) is 3.85. The molecule has 0 bridgehead atoms. The van der Waals surface area contributed by atoms with Crippen LogP contribution in [0.4, 0.5) is 17.1 Å². The van der Waals surface area contributed by atoms with Crippen molar-refractivity contribution in [3.05, 3.63) is 199 Å². The summed E-state index contributed by atoms with van der Waals surface area (Å²) in [6.45, 7) is 4.82. The molecule has 1 aliphatic rings. The molecule has 0 N–H and O–H groups in total. The minimum atomic E-state index is -0.343. The number of nitrogens with zero attached hydrogens (tertiary/aromatic N) is 1. The van der Waals surface area contributed by atoms with Gasteiger partial charge in [0.05, 0.1) is 11.4 Å². The highest BCUT2D eigenvalue weighted by atomic mass is 32.1. The maximum absolute atomic E-state index is 6.80. The second-order valence-electron chi connectivity index (χ2n) is 16.0. The molecular formula is C55H37NOS. The van der Waals surface area contributed by atoms with Crippen LogP contribution in [0, 0.1) is 0 Å². The standard InChI is InChI=1S/C55H37NOS/c1-55(2)45-23-10-16-36-30-33-40(43-21-11-20-42-39-18-7-9-27-49(39)58-54(42)43)51(50(36)45)44-22-13-24-46(52(44)55)56(37-31-28-35(29-32-37)34-14-4-3-5-15-34)47-25-12-19-41-38-17-6-8-26-48(38)57-53(41)47/h3-33H,1-2H3. The summed E-state index contributed by atoms with van der Waals surface area (Å²) in [4.78, 5) is 2.44. The molecule has 0 saturated carbocycles. The summed E-state index contributed by atoms with van der Waals surface area (Å²) in [6.07, 6.45) is 0. The smallest absolute Gasteiger partial charge is 0.159 e. The van der Waals surface area contributed by atoms with Gasteiger partial charge in [0.25, 0.3) is 0 Å². The third-order valence-corrected chi connectivity index (χ3v) is 13.7. The number of rotatable bonds is 5. The third-order valence-electron chi connectivity index (χ3n) is 12.4. The van der Waals surface area contributed by atoms with Crippen molar-refractivity contribution in [2.75, 3.05) is 4.90 Å². The quantitative estimate of drug-likeness (QED) is 0.174. The third kappa shape index (κ3) is 4.77. The molecule has 1 aliphatic carbocycles. The van der Waals surface area contributed by atoms with Crippen molar-refractivity contribution >= 4 is 81.3 Å². The van der Waals surface area contributed by atoms with Gasteiger partial charge in [-0.05, 0) is 86.1 Å². The highest BCUT2D eigenvalue weighted by molar-refractivity contribution is 7.26. The highest BCUT2D eigenvalue weighted by Gasteiger charge is 2.38. The Hall–Kier alpha value is -6.94. The fourth-order valence-electron chi connectivity index (χ4n) is 9.84. The molecule has 0 atom stereocenters. The zero-order chi connectivity index (χ0) is 38.5. The van der Waals surface area contributed by atoms with E-state index >= 15 is 0 Å². The number of benzene rings is 9. The van der Waals surface area contributed by atoms with Crippen molar-refractivity contribution < 1.29 is 4.42 Å². The Kier molecular flexibility index (Phi) is 7.18. The molecular weight excluding hydrogens is 723 g/mol. The summed E-state index contributed by atoms with van der Waals surface area (Å²) < 4.78 is 9.45. The molecule has 11 aromatic rings. The maximum Gasteiger partial charge on any atom is 0.159 e. The first-order valence-corrected chi connectivity index (χ1v) is 20.8. The molecule has 12 rings (SSSR count). The fraction of sp³-hybridized carbons (Fsp3) is 0.0545. The Bertz CT molecular complexity index is 3420. The van der Waals surface area contributed by atoms with Gasteiger partial charge in [-0.2, -0.15) is 0 Å². The Morgan fingerprint density at radius 3 is 2.03 bits per heavy atom. The van der Waals surface area contributed by atoms with Crippen LogP contribution >= 0.6 is 11.3 Å². The van der Waals surface area contributed by atoms with Crippen LogP contribution < -0.4 is 4.90 Å². The van der Waals surface area contributed by atoms with Crippen molar-refractivity contribution in [1.82, 2.24) is 0 Å². The van der Waals surface area contributed by atoms with Gasteiger partial charge >= 0.3 is 0 Å². The van der Waals surface area contributed by atoms with Crippen LogP contribution in [0.3, 0.4) is 0 Å². The van der Waals surface area contributed by atoms with Crippen LogP contribution in [0.15, 0.2) is 192 Å². The van der Waals surface area contributed by atoms with E-state index in [1.54, 1.807) is 0 Å². The van der Waals surface area contributed by atoms with Crippen LogP contribution in [-0.4, -0.2) is 0 Å². The Morgan fingerprint density at radius 2 is 1.16 bits per heavy atom. The van der Waals surface area contributed by atoms with Gasteiger partial charge in [0, 0.05) is 47.6 Å². The molecule has 0 radical (unpaired) electrons. The number of anilines is 3. The molecule has 0 unspecified atom stereocenters. The van der Waals surface area contributed by atoms with Gasteiger partial charge in [0.15, 0.2) is 5.58 Å². The maximum atomic E-state index is 6.80. The van der Waals surface area contributed by atoms with Crippen molar-refractivity contribution in [2.45, 2.75) is 19.3 Å². The minimum absolute atomic E-state index is 0.343. The van der Waals surface area contributed by atoms with Gasteiger partial charge in [-0.3, -0.25) is 0 Å². The molecule has 2 heterocycles. The lowest BCUT2D eigenvalue weighted by Crippen LogP contribution is -2.27. The Labute approximate surface area is 340 Å². The van der Waals surface area contributed by atoms with Crippen molar-refractivity contribution in [2.24, 2.45) is 0 Å². The first kappa shape index (κ1) is 33.2. The molecule has 58 heavy (non-hydrogen) atoms. The number of para-hydroxylation sites is 2. The predicted octanol–water partition coefficient (Wildman–Crippen LogP) is 16.2. The fourth-order valence-corrected chi connectivity index (χ4v) is 11.1. The first-order chi connectivity index (χ1) is 28.5. The van der Waals surface area contributed by atoms with Crippen molar-refractivity contribution in [3.63, 3.8) is 0 Å². The molecule has 0 aliphatic heterocycles. The molecule has 0 spiro atoms. The number of thiophene rings is 1. The van der Waals surface area contributed by atoms with Crippen LogP contribution in [0.5, 0.6) is 0 Å². The molecule has 0 fully saturated rings. The zero-order valence-corrected chi connectivity index (χ0v) is 33.0. The van der Waals surface area contributed by atoms with Crippen LogP contribution in [0.25, 0.3) is 86.3 Å². The summed E-state index contributed by atoms with van der Waals surface area (Å²) in [6, 6.07) is 68.7. The highest BCUT2D eigenvalue weighted by Crippen LogP contribution is 2.57. The van der Waals surface area contributed by atoms with E-state index in [0.717, 1.165) is 39.0 Å². The van der Waals surface area contributed by atoms with E-state index in [0.29, 0.717) is 0 Å². The van der Waals surface area contributed by atoms with Crippen molar-refractivity contribution in [3.8, 4) is 33.4 Å². The molecule has 2 nitrogen and oxygen atoms in total. The SMILES string of the molecule is CC1(C)c2c(cccc2N(c2ccc(-c3ccccc3)cc2)c2cccc3c2oc2ccccc23)-c2c(-c3cccc4c3sc3ccccc34)ccc3cccc1c23. The lowest BCUT2D eigenvalue weighted by molar-refractivity contribution is 0.645. The van der Waals surface area contributed by atoms with Gasteiger partial charge in [-0.25, -0.2) is 0 Å². The summed E-state index contributed by atoms with van der Waals surface area (Å²) in [5.41, 5.74) is 14.8. The second kappa shape index (κ2) is 12.5. The van der Waals surface area contributed by atoms with Gasteiger partial charge in [0.2, 0.25) is 0 Å². The van der Waals surface area contributed by atoms with Crippen LogP contribution in [-0.2, 0) is 5.41 Å². The first-order valence-electron chi connectivity index (χ1n) is 20.0. The monoisotopic (exact) mass is 759 g/mol. The molecule has 9 aromatic carbocycles.